The highest BCUT2D eigenvalue weighted by molar-refractivity contribution is 5.74. The molecule has 0 aliphatic rings. The minimum Gasteiger partial charge on any atom is -0.497 e. The lowest BCUT2D eigenvalue weighted by Gasteiger charge is -2.08. The average Bonchev–Trinajstić information content (AvgIpc) is 2.95. The maximum Gasteiger partial charge on any atom is 0.122 e. The summed E-state index contributed by atoms with van der Waals surface area (Å²) in [5.41, 5.74) is 2.20. The van der Waals surface area contributed by atoms with Gasteiger partial charge in [0.05, 0.1) is 31.1 Å². The van der Waals surface area contributed by atoms with Gasteiger partial charge >= 0.3 is 0 Å². The van der Waals surface area contributed by atoms with Crippen LogP contribution in [0.15, 0.2) is 54.9 Å². The minimum atomic E-state index is 0.666. The molecule has 0 saturated heterocycles. The number of ether oxygens (including phenoxy) is 2. The molecule has 0 saturated carbocycles. The van der Waals surface area contributed by atoms with Gasteiger partial charge in [0.15, 0.2) is 0 Å². The number of para-hydroxylation sites is 2. The molecule has 0 spiro atoms. The van der Waals surface area contributed by atoms with Crippen LogP contribution in [0.4, 0.5) is 0 Å². The van der Waals surface area contributed by atoms with Gasteiger partial charge in [0.25, 0.3) is 0 Å². The molecule has 2 aromatic carbocycles. The monoisotopic (exact) mass is 282 g/mol. The fourth-order valence-corrected chi connectivity index (χ4v) is 2.30. The first-order chi connectivity index (χ1) is 10.4. The summed E-state index contributed by atoms with van der Waals surface area (Å²) >= 11 is 0. The number of fused-ring (bicyclic) bond motifs is 1. The van der Waals surface area contributed by atoms with Gasteiger partial charge in [-0.15, -0.1) is 0 Å². The van der Waals surface area contributed by atoms with Gasteiger partial charge in [-0.25, -0.2) is 4.98 Å². The maximum atomic E-state index is 5.75. The van der Waals surface area contributed by atoms with E-state index in [4.69, 9.17) is 9.47 Å². The first kappa shape index (κ1) is 13.5. The Morgan fingerprint density at radius 3 is 2.81 bits per heavy atom. The maximum absolute atomic E-state index is 5.75. The van der Waals surface area contributed by atoms with Gasteiger partial charge in [-0.05, 0) is 30.7 Å². The SMILES string of the molecule is COc1cccc(OCCCn2cnc3ccccc32)c1. The number of aryl methyl sites for hydroxylation is 1. The Hall–Kier alpha value is -2.49. The molecule has 0 fully saturated rings. The van der Waals surface area contributed by atoms with Crippen LogP contribution in [0.2, 0.25) is 0 Å². The van der Waals surface area contributed by atoms with E-state index in [2.05, 4.69) is 15.6 Å². The van der Waals surface area contributed by atoms with E-state index in [0.29, 0.717) is 6.61 Å². The summed E-state index contributed by atoms with van der Waals surface area (Å²) in [5, 5.41) is 0. The van der Waals surface area contributed by atoms with E-state index in [0.717, 1.165) is 30.0 Å². The molecule has 3 aromatic rings. The third-order valence-electron chi connectivity index (χ3n) is 3.38. The zero-order chi connectivity index (χ0) is 14.5. The standard InChI is InChI=1S/C17H18N2O2/c1-20-14-6-4-7-15(12-14)21-11-5-10-19-13-18-16-8-2-3-9-17(16)19/h2-4,6-9,12-13H,5,10-11H2,1H3. The van der Waals surface area contributed by atoms with E-state index in [1.54, 1.807) is 7.11 Å². The van der Waals surface area contributed by atoms with E-state index < -0.39 is 0 Å². The van der Waals surface area contributed by atoms with Crippen molar-refractivity contribution < 1.29 is 9.47 Å². The molecular formula is C17H18N2O2. The van der Waals surface area contributed by atoms with Crippen LogP contribution < -0.4 is 9.47 Å². The van der Waals surface area contributed by atoms with Crippen LogP contribution in [0.1, 0.15) is 6.42 Å². The van der Waals surface area contributed by atoms with Crippen molar-refractivity contribution in [3.05, 3.63) is 54.9 Å². The van der Waals surface area contributed by atoms with Gasteiger partial charge in [0.2, 0.25) is 0 Å². The lowest BCUT2D eigenvalue weighted by molar-refractivity contribution is 0.300. The number of methoxy groups -OCH3 is 1. The van der Waals surface area contributed by atoms with Crippen molar-refractivity contribution in [2.24, 2.45) is 0 Å². The number of nitrogens with zero attached hydrogens (tertiary/aromatic N) is 2. The molecule has 3 rings (SSSR count). The Morgan fingerprint density at radius 1 is 1.05 bits per heavy atom. The molecule has 108 valence electrons. The number of imidazole rings is 1. The highest BCUT2D eigenvalue weighted by Gasteiger charge is 2.01. The first-order valence-electron chi connectivity index (χ1n) is 7.03. The molecule has 4 heteroatoms. The minimum absolute atomic E-state index is 0.666. The summed E-state index contributed by atoms with van der Waals surface area (Å²) in [6.07, 6.45) is 2.81. The van der Waals surface area contributed by atoms with Crippen LogP contribution in [0, 0.1) is 0 Å². The van der Waals surface area contributed by atoms with Crippen molar-refractivity contribution in [1.82, 2.24) is 9.55 Å². The van der Waals surface area contributed by atoms with Gasteiger partial charge in [-0.3, -0.25) is 0 Å². The molecule has 1 aromatic heterocycles. The van der Waals surface area contributed by atoms with Gasteiger partial charge < -0.3 is 14.0 Å². The van der Waals surface area contributed by atoms with Gasteiger partial charge in [0, 0.05) is 12.6 Å². The van der Waals surface area contributed by atoms with Crippen LogP contribution in [0.3, 0.4) is 0 Å². The molecule has 0 amide bonds. The second-order valence-electron chi connectivity index (χ2n) is 4.81. The third-order valence-corrected chi connectivity index (χ3v) is 3.38. The van der Waals surface area contributed by atoms with Crippen molar-refractivity contribution in [2.45, 2.75) is 13.0 Å². The molecule has 4 nitrogen and oxygen atoms in total. The second kappa shape index (κ2) is 6.31. The molecule has 0 radical (unpaired) electrons. The predicted octanol–water partition coefficient (Wildman–Crippen LogP) is 3.51. The number of hydrogen-bond acceptors (Lipinski definition) is 3. The Labute approximate surface area is 123 Å². The Balaban J connectivity index is 1.54. The average molecular weight is 282 g/mol. The van der Waals surface area contributed by atoms with E-state index >= 15 is 0 Å². The van der Waals surface area contributed by atoms with E-state index in [9.17, 15) is 0 Å². The molecular weight excluding hydrogens is 264 g/mol. The predicted molar refractivity (Wildman–Crippen MR) is 82.8 cm³/mol. The summed E-state index contributed by atoms with van der Waals surface area (Å²) in [6.45, 7) is 1.56. The Bertz CT molecular complexity index is 721. The van der Waals surface area contributed by atoms with Gasteiger partial charge in [-0.1, -0.05) is 18.2 Å². The van der Waals surface area contributed by atoms with Gasteiger partial charge in [-0.2, -0.15) is 0 Å². The number of rotatable bonds is 6. The van der Waals surface area contributed by atoms with Crippen molar-refractivity contribution in [2.75, 3.05) is 13.7 Å². The van der Waals surface area contributed by atoms with Crippen molar-refractivity contribution in [3.63, 3.8) is 0 Å². The van der Waals surface area contributed by atoms with E-state index in [1.165, 1.54) is 5.52 Å². The second-order valence-corrected chi connectivity index (χ2v) is 4.81. The van der Waals surface area contributed by atoms with Gasteiger partial charge in [0.1, 0.15) is 11.5 Å². The summed E-state index contributed by atoms with van der Waals surface area (Å²) in [4.78, 5) is 4.38. The van der Waals surface area contributed by atoms with Crippen molar-refractivity contribution in [1.29, 1.82) is 0 Å². The first-order valence-corrected chi connectivity index (χ1v) is 7.03. The third kappa shape index (κ3) is 3.16. The largest absolute Gasteiger partial charge is 0.497 e. The fraction of sp³-hybridized carbons (Fsp3) is 0.235. The van der Waals surface area contributed by atoms with E-state index in [1.807, 2.05) is 48.8 Å². The lowest BCUT2D eigenvalue weighted by atomic mass is 10.3. The smallest absolute Gasteiger partial charge is 0.122 e. The molecule has 0 aliphatic heterocycles. The van der Waals surface area contributed by atoms with Crippen LogP contribution in [-0.2, 0) is 6.54 Å². The molecule has 21 heavy (non-hydrogen) atoms. The molecule has 1 heterocycles. The van der Waals surface area contributed by atoms with E-state index in [-0.39, 0.29) is 0 Å². The summed E-state index contributed by atoms with van der Waals surface area (Å²) in [6, 6.07) is 15.8. The Morgan fingerprint density at radius 2 is 1.90 bits per heavy atom. The normalized spacial score (nSPS) is 10.7. The summed E-state index contributed by atoms with van der Waals surface area (Å²) in [5.74, 6) is 1.65. The van der Waals surface area contributed by atoms with Crippen LogP contribution >= 0.6 is 0 Å². The quantitative estimate of drug-likeness (QED) is 0.649. The van der Waals surface area contributed by atoms with Crippen LogP contribution in [0.25, 0.3) is 11.0 Å². The summed E-state index contributed by atoms with van der Waals surface area (Å²) in [7, 11) is 1.66. The molecule has 0 bridgehead atoms. The zero-order valence-corrected chi connectivity index (χ0v) is 12.0. The number of aromatic nitrogens is 2. The lowest BCUT2D eigenvalue weighted by Crippen LogP contribution is -2.03. The molecule has 0 aliphatic carbocycles. The zero-order valence-electron chi connectivity index (χ0n) is 12.0. The number of hydrogen-bond donors (Lipinski definition) is 0. The van der Waals surface area contributed by atoms with Crippen LogP contribution in [-0.4, -0.2) is 23.3 Å². The van der Waals surface area contributed by atoms with Crippen molar-refractivity contribution in [3.8, 4) is 11.5 Å². The number of benzene rings is 2. The molecule has 0 unspecified atom stereocenters. The summed E-state index contributed by atoms with van der Waals surface area (Å²) < 4.78 is 13.1. The highest BCUT2D eigenvalue weighted by atomic mass is 16.5. The molecule has 0 N–H and O–H groups in total. The van der Waals surface area contributed by atoms with Crippen molar-refractivity contribution >= 4 is 11.0 Å². The Kier molecular flexibility index (Phi) is 4.05. The topological polar surface area (TPSA) is 36.3 Å². The molecule has 0 atom stereocenters. The fourth-order valence-electron chi connectivity index (χ4n) is 2.30. The van der Waals surface area contributed by atoms with Crippen LogP contribution in [0.5, 0.6) is 11.5 Å². The highest BCUT2D eigenvalue weighted by Crippen LogP contribution is 2.19.